The molecule has 114 valence electrons. The minimum absolute atomic E-state index is 0.0222. The fraction of sp³-hybridized carbons (Fsp3) is 0.562. The molecule has 1 aromatic carbocycles. The van der Waals surface area contributed by atoms with Crippen molar-refractivity contribution in [2.75, 3.05) is 18.0 Å². The summed E-state index contributed by atoms with van der Waals surface area (Å²) in [6.45, 7) is 3.69. The van der Waals surface area contributed by atoms with E-state index in [1.165, 1.54) is 25.8 Å². The standard InChI is InChI=1S/C16H22FN3O/c1-11(21)19-14-7-8-20(10-14)16-12(3-2-4-15(16)17)9-18-13-5-6-13/h2-4,13-14,18H,5-10H2,1H3,(H,19,21). The maximum absolute atomic E-state index is 14.3. The normalized spacial score (nSPS) is 21.6. The molecule has 2 fully saturated rings. The number of anilines is 1. The molecule has 0 aromatic heterocycles. The van der Waals surface area contributed by atoms with E-state index >= 15 is 0 Å². The Morgan fingerprint density at radius 1 is 1.33 bits per heavy atom. The molecule has 21 heavy (non-hydrogen) atoms. The van der Waals surface area contributed by atoms with Crippen molar-refractivity contribution in [2.45, 2.75) is 44.8 Å². The number of nitrogens with zero attached hydrogens (tertiary/aromatic N) is 1. The number of amides is 1. The number of para-hydroxylation sites is 1. The molecule has 1 atom stereocenters. The number of carbonyl (C=O) groups excluding carboxylic acids is 1. The van der Waals surface area contributed by atoms with Gasteiger partial charge in [0, 0.05) is 38.6 Å². The SMILES string of the molecule is CC(=O)NC1CCN(c2c(F)cccc2CNC2CC2)C1. The van der Waals surface area contributed by atoms with Gasteiger partial charge in [0.2, 0.25) is 5.91 Å². The van der Waals surface area contributed by atoms with Crippen molar-refractivity contribution in [2.24, 2.45) is 0 Å². The Labute approximate surface area is 124 Å². The van der Waals surface area contributed by atoms with E-state index in [0.717, 1.165) is 18.5 Å². The molecule has 2 aliphatic rings. The second-order valence-corrected chi connectivity index (χ2v) is 6.03. The van der Waals surface area contributed by atoms with Gasteiger partial charge < -0.3 is 15.5 Å². The van der Waals surface area contributed by atoms with E-state index in [9.17, 15) is 9.18 Å². The maximum Gasteiger partial charge on any atom is 0.217 e. The fourth-order valence-corrected chi connectivity index (χ4v) is 2.97. The van der Waals surface area contributed by atoms with Crippen molar-refractivity contribution < 1.29 is 9.18 Å². The van der Waals surface area contributed by atoms with E-state index in [1.807, 2.05) is 6.07 Å². The topological polar surface area (TPSA) is 44.4 Å². The molecule has 0 spiro atoms. The van der Waals surface area contributed by atoms with Gasteiger partial charge in [0.25, 0.3) is 0 Å². The first kappa shape index (κ1) is 14.3. The molecule has 0 radical (unpaired) electrons. The number of hydrogen-bond donors (Lipinski definition) is 2. The largest absolute Gasteiger partial charge is 0.367 e. The van der Waals surface area contributed by atoms with Crippen LogP contribution in [0, 0.1) is 5.82 Å². The Hall–Kier alpha value is -1.62. The molecule has 1 saturated heterocycles. The second kappa shape index (κ2) is 6.02. The van der Waals surface area contributed by atoms with Gasteiger partial charge in [0.05, 0.1) is 5.69 Å². The number of hydrogen-bond acceptors (Lipinski definition) is 3. The maximum atomic E-state index is 14.3. The van der Waals surface area contributed by atoms with Crippen LogP contribution in [0.4, 0.5) is 10.1 Å². The molecule has 0 bridgehead atoms. The van der Waals surface area contributed by atoms with Gasteiger partial charge in [-0.3, -0.25) is 4.79 Å². The number of carbonyl (C=O) groups is 1. The van der Waals surface area contributed by atoms with Crippen LogP contribution in [-0.4, -0.2) is 31.1 Å². The summed E-state index contributed by atoms with van der Waals surface area (Å²) < 4.78 is 14.3. The summed E-state index contributed by atoms with van der Waals surface area (Å²) in [7, 11) is 0. The lowest BCUT2D eigenvalue weighted by Crippen LogP contribution is -2.36. The molecule has 4 nitrogen and oxygen atoms in total. The summed E-state index contributed by atoms with van der Waals surface area (Å²) in [5.74, 6) is -0.195. The third-order valence-corrected chi connectivity index (χ3v) is 4.14. The molecule has 3 rings (SSSR count). The Bertz CT molecular complexity index is 530. The van der Waals surface area contributed by atoms with Crippen molar-refractivity contribution in [3.05, 3.63) is 29.6 Å². The first-order valence-electron chi connectivity index (χ1n) is 7.66. The Morgan fingerprint density at radius 2 is 2.14 bits per heavy atom. The number of rotatable bonds is 5. The lowest BCUT2D eigenvalue weighted by atomic mass is 10.1. The van der Waals surface area contributed by atoms with Crippen LogP contribution in [0.1, 0.15) is 31.7 Å². The quantitative estimate of drug-likeness (QED) is 0.869. The second-order valence-electron chi connectivity index (χ2n) is 6.03. The molecule has 5 heteroatoms. The van der Waals surface area contributed by atoms with Crippen molar-refractivity contribution in [3.8, 4) is 0 Å². The Morgan fingerprint density at radius 3 is 2.86 bits per heavy atom. The van der Waals surface area contributed by atoms with Crippen LogP contribution < -0.4 is 15.5 Å². The number of halogens is 1. The minimum atomic E-state index is -0.173. The van der Waals surface area contributed by atoms with E-state index in [4.69, 9.17) is 0 Å². The van der Waals surface area contributed by atoms with Crippen molar-refractivity contribution in [1.82, 2.24) is 10.6 Å². The van der Waals surface area contributed by atoms with Crippen LogP contribution in [-0.2, 0) is 11.3 Å². The summed E-state index contributed by atoms with van der Waals surface area (Å²) in [5, 5.41) is 6.37. The smallest absolute Gasteiger partial charge is 0.217 e. The lowest BCUT2D eigenvalue weighted by molar-refractivity contribution is -0.119. The van der Waals surface area contributed by atoms with E-state index in [1.54, 1.807) is 6.07 Å². The van der Waals surface area contributed by atoms with Crippen LogP contribution in [0.2, 0.25) is 0 Å². The third kappa shape index (κ3) is 3.53. The van der Waals surface area contributed by atoms with Gasteiger partial charge in [-0.25, -0.2) is 4.39 Å². The molecule has 1 aromatic rings. The molecule has 1 unspecified atom stereocenters. The summed E-state index contributed by atoms with van der Waals surface area (Å²) in [6.07, 6.45) is 3.31. The third-order valence-electron chi connectivity index (χ3n) is 4.14. The molecule has 1 aliphatic carbocycles. The molecule has 1 amide bonds. The molecular weight excluding hydrogens is 269 g/mol. The van der Waals surface area contributed by atoms with Gasteiger partial charge in [0.15, 0.2) is 0 Å². The lowest BCUT2D eigenvalue weighted by Gasteiger charge is -2.23. The summed E-state index contributed by atoms with van der Waals surface area (Å²) in [6, 6.07) is 5.99. The number of benzene rings is 1. The van der Waals surface area contributed by atoms with Crippen molar-refractivity contribution in [1.29, 1.82) is 0 Å². The predicted molar refractivity (Wildman–Crippen MR) is 80.7 cm³/mol. The van der Waals surface area contributed by atoms with Crippen molar-refractivity contribution in [3.63, 3.8) is 0 Å². The molecular formula is C16H22FN3O. The predicted octanol–water partition coefficient (Wildman–Crippen LogP) is 1.79. The van der Waals surface area contributed by atoms with E-state index < -0.39 is 0 Å². The molecule has 1 heterocycles. The summed E-state index contributed by atoms with van der Waals surface area (Å²) in [5.41, 5.74) is 1.70. The van der Waals surface area contributed by atoms with E-state index in [0.29, 0.717) is 24.8 Å². The highest BCUT2D eigenvalue weighted by Crippen LogP contribution is 2.29. The average Bonchev–Trinajstić information content (AvgIpc) is 3.16. The van der Waals surface area contributed by atoms with Crippen LogP contribution >= 0.6 is 0 Å². The zero-order chi connectivity index (χ0) is 14.8. The molecule has 1 saturated carbocycles. The van der Waals surface area contributed by atoms with Crippen LogP contribution in [0.15, 0.2) is 18.2 Å². The zero-order valence-electron chi connectivity index (χ0n) is 12.4. The number of nitrogens with one attached hydrogen (secondary N) is 2. The molecule has 2 N–H and O–H groups in total. The monoisotopic (exact) mass is 291 g/mol. The van der Waals surface area contributed by atoms with Crippen molar-refractivity contribution >= 4 is 11.6 Å². The van der Waals surface area contributed by atoms with Gasteiger partial charge >= 0.3 is 0 Å². The highest BCUT2D eigenvalue weighted by atomic mass is 19.1. The van der Waals surface area contributed by atoms with Gasteiger partial charge in [0.1, 0.15) is 5.82 Å². The highest BCUT2D eigenvalue weighted by molar-refractivity contribution is 5.73. The van der Waals surface area contributed by atoms with Gasteiger partial charge in [-0.05, 0) is 30.9 Å². The first-order valence-corrected chi connectivity index (χ1v) is 7.66. The molecule has 1 aliphatic heterocycles. The van der Waals surface area contributed by atoms with Crippen LogP contribution in [0.5, 0.6) is 0 Å². The Kier molecular flexibility index (Phi) is 4.10. The minimum Gasteiger partial charge on any atom is -0.367 e. The van der Waals surface area contributed by atoms with Crippen LogP contribution in [0.25, 0.3) is 0 Å². The first-order chi connectivity index (χ1) is 10.1. The Balaban J connectivity index is 1.72. The van der Waals surface area contributed by atoms with E-state index in [-0.39, 0.29) is 17.8 Å². The van der Waals surface area contributed by atoms with E-state index in [2.05, 4.69) is 15.5 Å². The highest BCUT2D eigenvalue weighted by Gasteiger charge is 2.27. The van der Waals surface area contributed by atoms with Gasteiger partial charge in [-0.15, -0.1) is 0 Å². The fourth-order valence-electron chi connectivity index (χ4n) is 2.97. The zero-order valence-corrected chi connectivity index (χ0v) is 12.4. The summed E-state index contributed by atoms with van der Waals surface area (Å²) in [4.78, 5) is 13.2. The van der Waals surface area contributed by atoms with Gasteiger partial charge in [-0.1, -0.05) is 12.1 Å². The van der Waals surface area contributed by atoms with Gasteiger partial charge in [-0.2, -0.15) is 0 Å². The summed E-state index contributed by atoms with van der Waals surface area (Å²) >= 11 is 0. The van der Waals surface area contributed by atoms with Crippen LogP contribution in [0.3, 0.4) is 0 Å². The average molecular weight is 291 g/mol.